The van der Waals surface area contributed by atoms with Crippen LogP contribution in [0.5, 0.6) is 0 Å². The summed E-state index contributed by atoms with van der Waals surface area (Å²) < 4.78 is 0. The molecule has 0 bridgehead atoms. The number of aromatic amines is 1. The molecule has 0 saturated heterocycles. The first kappa shape index (κ1) is 19.7. The minimum absolute atomic E-state index is 1.01. The second-order valence-corrected chi connectivity index (χ2v) is 4.15. The Balaban J connectivity index is 0.00000211. The maximum absolute atomic E-state index is 4.18. The highest BCUT2D eigenvalue weighted by molar-refractivity contribution is 5.85. The maximum atomic E-state index is 4.18. The molecule has 0 saturated carbocycles. The van der Waals surface area contributed by atoms with E-state index < -0.39 is 0 Å². The normalized spacial score (nSPS) is 13.0. The minimum Gasteiger partial charge on any atom is -0.277 e. The van der Waals surface area contributed by atoms with Gasteiger partial charge < -0.3 is 0 Å². The van der Waals surface area contributed by atoms with Crippen molar-refractivity contribution in [1.82, 2.24) is 10.2 Å². The number of H-pyrrole nitrogens is 1. The van der Waals surface area contributed by atoms with Gasteiger partial charge in [-0.05, 0) is 31.9 Å². The number of aromatic nitrogens is 2. The third kappa shape index (κ3) is 5.96. The van der Waals surface area contributed by atoms with Crippen LogP contribution in [0.15, 0.2) is 67.5 Å². The molecule has 0 radical (unpaired) electrons. The van der Waals surface area contributed by atoms with Gasteiger partial charge >= 0.3 is 0 Å². The van der Waals surface area contributed by atoms with E-state index in [9.17, 15) is 0 Å². The predicted octanol–water partition coefficient (Wildman–Crippen LogP) is 6.12. The monoisotopic (exact) mass is 296 g/mol. The lowest BCUT2D eigenvalue weighted by Crippen LogP contribution is -1.88. The van der Waals surface area contributed by atoms with E-state index in [1.165, 1.54) is 0 Å². The minimum atomic E-state index is 1.01. The summed E-state index contributed by atoms with van der Waals surface area (Å²) in [5.41, 5.74) is 4.28. The fourth-order valence-electron chi connectivity index (χ4n) is 1.86. The van der Waals surface area contributed by atoms with E-state index in [2.05, 4.69) is 35.0 Å². The van der Waals surface area contributed by atoms with E-state index >= 15 is 0 Å². The summed E-state index contributed by atoms with van der Waals surface area (Å²) in [5, 5.41) is 7.26. The molecule has 118 valence electrons. The second kappa shape index (κ2) is 12.4. The molecule has 1 heterocycles. The molecule has 1 aromatic heterocycles. The Bertz CT molecular complexity index is 579. The molecular formula is C20H28N2. The van der Waals surface area contributed by atoms with Gasteiger partial charge in [0.1, 0.15) is 0 Å². The molecule has 0 aliphatic carbocycles. The molecule has 1 N–H and O–H groups in total. The number of hydrogen-bond acceptors (Lipinski definition) is 1. The van der Waals surface area contributed by atoms with Crippen LogP contribution in [0, 0.1) is 0 Å². The van der Waals surface area contributed by atoms with E-state index in [0.29, 0.717) is 0 Å². The lowest BCUT2D eigenvalue weighted by atomic mass is 10.0. The molecule has 1 rings (SSSR count). The molecule has 0 fully saturated rings. The lowest BCUT2D eigenvalue weighted by molar-refractivity contribution is 1.07. The summed E-state index contributed by atoms with van der Waals surface area (Å²) in [6, 6.07) is 0. The van der Waals surface area contributed by atoms with Crippen molar-refractivity contribution in [3.05, 3.63) is 78.7 Å². The van der Waals surface area contributed by atoms with Crippen molar-refractivity contribution in [2.45, 2.75) is 34.6 Å². The van der Waals surface area contributed by atoms with Crippen LogP contribution in [0.25, 0.3) is 11.1 Å². The summed E-state index contributed by atoms with van der Waals surface area (Å²) in [5.74, 6) is 0. The Hall–Kier alpha value is -2.35. The molecule has 22 heavy (non-hydrogen) atoms. The molecule has 0 aliphatic heterocycles. The zero-order chi connectivity index (χ0) is 16.8. The van der Waals surface area contributed by atoms with Gasteiger partial charge in [0, 0.05) is 5.56 Å². The van der Waals surface area contributed by atoms with Gasteiger partial charge in [0.25, 0.3) is 0 Å². The van der Waals surface area contributed by atoms with Crippen molar-refractivity contribution in [2.24, 2.45) is 0 Å². The van der Waals surface area contributed by atoms with E-state index in [1.54, 1.807) is 6.08 Å². The van der Waals surface area contributed by atoms with Gasteiger partial charge in [-0.2, -0.15) is 5.10 Å². The number of hydrogen-bond donors (Lipinski definition) is 1. The third-order valence-electron chi connectivity index (χ3n) is 2.77. The maximum Gasteiger partial charge on any atom is 0.0725 e. The molecule has 0 atom stereocenters. The quantitative estimate of drug-likeness (QED) is 0.630. The molecule has 0 amide bonds. The van der Waals surface area contributed by atoms with Gasteiger partial charge in [0.2, 0.25) is 0 Å². The first-order valence-corrected chi connectivity index (χ1v) is 7.73. The van der Waals surface area contributed by atoms with E-state index in [-0.39, 0.29) is 0 Å². The Labute approximate surface area is 135 Å². The SMILES string of the molecule is C=C/C=C(\C=C/C)c1cn[nH]c1C(/C=C\C=C/C)=C/C.CC. The van der Waals surface area contributed by atoms with Gasteiger partial charge in [-0.1, -0.05) is 75.1 Å². The van der Waals surface area contributed by atoms with Gasteiger partial charge in [-0.3, -0.25) is 5.10 Å². The smallest absolute Gasteiger partial charge is 0.0725 e. The molecule has 0 spiro atoms. The van der Waals surface area contributed by atoms with Crippen LogP contribution in [0.1, 0.15) is 45.9 Å². The molecule has 0 aliphatic rings. The van der Waals surface area contributed by atoms with E-state index in [4.69, 9.17) is 0 Å². The van der Waals surface area contributed by atoms with Crippen molar-refractivity contribution in [3.63, 3.8) is 0 Å². The van der Waals surface area contributed by atoms with Crippen LogP contribution in [0.4, 0.5) is 0 Å². The Morgan fingerprint density at radius 3 is 2.32 bits per heavy atom. The Morgan fingerprint density at radius 1 is 1.05 bits per heavy atom. The number of allylic oxidation sites excluding steroid dienone is 11. The van der Waals surface area contributed by atoms with Crippen LogP contribution in [0.2, 0.25) is 0 Å². The zero-order valence-electron chi connectivity index (χ0n) is 14.4. The summed E-state index contributed by atoms with van der Waals surface area (Å²) in [6.07, 6.45) is 19.8. The number of rotatable bonds is 6. The summed E-state index contributed by atoms with van der Waals surface area (Å²) in [6.45, 7) is 13.8. The van der Waals surface area contributed by atoms with Crippen molar-refractivity contribution in [3.8, 4) is 0 Å². The van der Waals surface area contributed by atoms with Gasteiger partial charge in [0.05, 0.1) is 11.9 Å². The molecule has 1 aromatic rings. The highest BCUT2D eigenvalue weighted by atomic mass is 15.1. The largest absolute Gasteiger partial charge is 0.277 e. The van der Waals surface area contributed by atoms with Crippen molar-refractivity contribution in [1.29, 1.82) is 0 Å². The van der Waals surface area contributed by atoms with Crippen molar-refractivity contribution < 1.29 is 0 Å². The fourth-order valence-corrected chi connectivity index (χ4v) is 1.86. The van der Waals surface area contributed by atoms with Crippen molar-refractivity contribution >= 4 is 11.1 Å². The average molecular weight is 296 g/mol. The van der Waals surface area contributed by atoms with E-state index in [1.807, 2.05) is 71.2 Å². The summed E-state index contributed by atoms with van der Waals surface area (Å²) in [4.78, 5) is 0. The highest BCUT2D eigenvalue weighted by Gasteiger charge is 2.09. The summed E-state index contributed by atoms with van der Waals surface area (Å²) >= 11 is 0. The second-order valence-electron chi connectivity index (χ2n) is 4.15. The molecule has 2 nitrogen and oxygen atoms in total. The number of nitrogens with one attached hydrogen (secondary N) is 1. The zero-order valence-corrected chi connectivity index (χ0v) is 14.4. The molecule has 0 unspecified atom stereocenters. The third-order valence-corrected chi connectivity index (χ3v) is 2.77. The average Bonchev–Trinajstić information content (AvgIpc) is 3.02. The standard InChI is InChI=1S/C18H22N2.C2H6/c1-5-9-10-13-15(8-4)18-17(14-19-20-18)16(11-6-2)12-7-3;1-2/h5-14H,2H2,1,3-4H3,(H,19,20);1-2H3/b9-5-,12-7-,13-10-,15-8+,16-11+;. The topological polar surface area (TPSA) is 28.7 Å². The first-order chi connectivity index (χ1) is 10.8. The van der Waals surface area contributed by atoms with Gasteiger partial charge in [-0.25, -0.2) is 0 Å². The molecule has 2 heteroatoms. The first-order valence-electron chi connectivity index (χ1n) is 7.73. The lowest BCUT2D eigenvalue weighted by Gasteiger charge is -2.04. The molecular weight excluding hydrogens is 268 g/mol. The summed E-state index contributed by atoms with van der Waals surface area (Å²) in [7, 11) is 0. The Morgan fingerprint density at radius 2 is 1.77 bits per heavy atom. The van der Waals surface area contributed by atoms with Gasteiger partial charge in [0.15, 0.2) is 0 Å². The highest BCUT2D eigenvalue weighted by Crippen LogP contribution is 2.25. The number of nitrogens with zero attached hydrogens (tertiary/aromatic N) is 1. The van der Waals surface area contributed by atoms with Crippen LogP contribution in [-0.4, -0.2) is 10.2 Å². The van der Waals surface area contributed by atoms with Gasteiger partial charge in [-0.15, -0.1) is 0 Å². The van der Waals surface area contributed by atoms with Crippen molar-refractivity contribution in [2.75, 3.05) is 0 Å². The van der Waals surface area contributed by atoms with Crippen LogP contribution < -0.4 is 0 Å². The predicted molar refractivity (Wildman–Crippen MR) is 101 cm³/mol. The fraction of sp³-hybridized carbons (Fsp3) is 0.250. The van der Waals surface area contributed by atoms with Crippen LogP contribution in [0.3, 0.4) is 0 Å². The van der Waals surface area contributed by atoms with Crippen LogP contribution in [-0.2, 0) is 0 Å². The van der Waals surface area contributed by atoms with E-state index in [0.717, 1.165) is 22.4 Å². The van der Waals surface area contributed by atoms with Crippen LogP contribution >= 0.6 is 0 Å². The Kier molecular flexibility index (Phi) is 11.1. The molecule has 0 aromatic carbocycles.